The van der Waals surface area contributed by atoms with Gasteiger partial charge in [-0.05, 0) is 39.0 Å². The predicted molar refractivity (Wildman–Crippen MR) is 74.1 cm³/mol. The van der Waals surface area contributed by atoms with Gasteiger partial charge >= 0.3 is 0 Å². The number of nitrogens with zero attached hydrogens (tertiary/aromatic N) is 1. The molecular formula is C14H25N3O2. The summed E-state index contributed by atoms with van der Waals surface area (Å²) < 4.78 is 11.4. The lowest BCUT2D eigenvalue weighted by atomic mass is 9.58. The molecule has 0 amide bonds. The van der Waals surface area contributed by atoms with E-state index in [1.54, 1.807) is 0 Å². The molecule has 3 aliphatic rings. The Kier molecular flexibility index (Phi) is 3.67. The first kappa shape index (κ1) is 13.2. The van der Waals surface area contributed by atoms with Gasteiger partial charge in [-0.1, -0.05) is 0 Å². The minimum atomic E-state index is 0.171. The van der Waals surface area contributed by atoms with Crippen molar-refractivity contribution in [3.8, 4) is 0 Å². The van der Waals surface area contributed by atoms with Gasteiger partial charge in [0.05, 0.1) is 12.1 Å². The summed E-state index contributed by atoms with van der Waals surface area (Å²) in [7, 11) is 0. The van der Waals surface area contributed by atoms with E-state index < -0.39 is 0 Å². The number of nitrogens with two attached hydrogens (primary N) is 1. The van der Waals surface area contributed by atoms with Gasteiger partial charge in [-0.25, -0.2) is 4.99 Å². The van der Waals surface area contributed by atoms with Crippen molar-refractivity contribution in [1.82, 2.24) is 5.32 Å². The highest BCUT2D eigenvalue weighted by atomic mass is 16.5. The van der Waals surface area contributed by atoms with E-state index in [1.807, 2.05) is 0 Å². The van der Waals surface area contributed by atoms with Crippen LogP contribution in [0.3, 0.4) is 0 Å². The van der Waals surface area contributed by atoms with Crippen LogP contribution in [0, 0.1) is 5.41 Å². The lowest BCUT2D eigenvalue weighted by molar-refractivity contribution is -0.163. The fraction of sp³-hybridized carbons (Fsp3) is 0.929. The molecule has 3 rings (SSSR count). The number of ether oxygens (including phenoxy) is 2. The molecule has 2 saturated carbocycles. The molecule has 0 radical (unpaired) electrons. The zero-order chi connectivity index (χ0) is 13.3. The summed E-state index contributed by atoms with van der Waals surface area (Å²) in [6.45, 7) is 4.49. The van der Waals surface area contributed by atoms with E-state index in [-0.39, 0.29) is 5.41 Å². The largest absolute Gasteiger partial charge is 0.381 e. The Labute approximate surface area is 114 Å². The van der Waals surface area contributed by atoms with Gasteiger partial charge in [0.25, 0.3) is 0 Å². The second-order valence-electron chi connectivity index (χ2n) is 5.97. The van der Waals surface area contributed by atoms with Gasteiger partial charge in [0.15, 0.2) is 5.96 Å². The van der Waals surface area contributed by atoms with Crippen LogP contribution in [0.25, 0.3) is 0 Å². The van der Waals surface area contributed by atoms with Crippen LogP contribution >= 0.6 is 0 Å². The standard InChI is InChI=1S/C14H25N3O2/c1-2-19-12-9-11(14(12)5-7-18-8-6-14)17-13(15)16-10-3-4-10/h10-12H,2-9H2,1H3,(H3,15,16,17). The van der Waals surface area contributed by atoms with Gasteiger partial charge in [-0.3, -0.25) is 0 Å². The molecule has 0 aromatic heterocycles. The van der Waals surface area contributed by atoms with Gasteiger partial charge in [-0.2, -0.15) is 0 Å². The van der Waals surface area contributed by atoms with Crippen LogP contribution in [-0.4, -0.2) is 44.0 Å². The molecule has 3 fully saturated rings. The monoisotopic (exact) mass is 267 g/mol. The smallest absolute Gasteiger partial charge is 0.189 e. The fourth-order valence-electron chi connectivity index (χ4n) is 3.39. The Balaban J connectivity index is 1.66. The number of guanidine groups is 1. The molecule has 1 heterocycles. The summed E-state index contributed by atoms with van der Waals surface area (Å²) in [5, 5.41) is 3.28. The molecule has 1 saturated heterocycles. The fourth-order valence-corrected chi connectivity index (χ4v) is 3.39. The highest BCUT2D eigenvalue weighted by Crippen LogP contribution is 2.52. The molecule has 0 aromatic carbocycles. The molecule has 108 valence electrons. The molecule has 3 N–H and O–H groups in total. The normalized spacial score (nSPS) is 34.1. The van der Waals surface area contributed by atoms with E-state index in [1.165, 1.54) is 12.8 Å². The summed E-state index contributed by atoms with van der Waals surface area (Å²) in [5.74, 6) is 0.619. The molecule has 2 unspecified atom stereocenters. The molecule has 1 aliphatic heterocycles. The maximum atomic E-state index is 6.00. The number of aliphatic imine (C=N–C) groups is 1. The lowest BCUT2D eigenvalue weighted by Crippen LogP contribution is -2.60. The van der Waals surface area contributed by atoms with Crippen molar-refractivity contribution in [1.29, 1.82) is 0 Å². The first-order chi connectivity index (χ1) is 9.24. The Morgan fingerprint density at radius 2 is 2.16 bits per heavy atom. The minimum Gasteiger partial charge on any atom is -0.381 e. The summed E-state index contributed by atoms with van der Waals surface area (Å²) in [4.78, 5) is 4.72. The topological polar surface area (TPSA) is 68.9 Å². The summed E-state index contributed by atoms with van der Waals surface area (Å²) in [5.41, 5.74) is 6.17. The van der Waals surface area contributed by atoms with Crippen molar-refractivity contribution in [3.05, 3.63) is 0 Å². The maximum Gasteiger partial charge on any atom is 0.189 e. The van der Waals surface area contributed by atoms with Crippen LogP contribution in [0.15, 0.2) is 4.99 Å². The Morgan fingerprint density at radius 1 is 1.42 bits per heavy atom. The van der Waals surface area contributed by atoms with Crippen LogP contribution in [0.4, 0.5) is 0 Å². The van der Waals surface area contributed by atoms with Gasteiger partial charge in [0.1, 0.15) is 0 Å². The van der Waals surface area contributed by atoms with Gasteiger partial charge in [0, 0.05) is 31.3 Å². The van der Waals surface area contributed by atoms with Crippen LogP contribution in [0.1, 0.15) is 39.0 Å². The van der Waals surface area contributed by atoms with Crippen molar-refractivity contribution < 1.29 is 9.47 Å². The molecule has 0 aromatic rings. The van der Waals surface area contributed by atoms with E-state index in [0.717, 1.165) is 39.1 Å². The summed E-state index contributed by atoms with van der Waals surface area (Å²) >= 11 is 0. The summed E-state index contributed by atoms with van der Waals surface area (Å²) in [6, 6.07) is 0.872. The van der Waals surface area contributed by atoms with E-state index in [0.29, 0.717) is 24.1 Å². The van der Waals surface area contributed by atoms with Crippen LogP contribution in [0.2, 0.25) is 0 Å². The van der Waals surface area contributed by atoms with Crippen LogP contribution in [-0.2, 0) is 9.47 Å². The molecule has 19 heavy (non-hydrogen) atoms. The highest BCUT2D eigenvalue weighted by Gasteiger charge is 2.56. The predicted octanol–water partition coefficient (Wildman–Crippen LogP) is 1.03. The van der Waals surface area contributed by atoms with Crippen LogP contribution in [0.5, 0.6) is 0 Å². The van der Waals surface area contributed by atoms with Crippen molar-refractivity contribution in [2.45, 2.75) is 57.2 Å². The molecule has 5 nitrogen and oxygen atoms in total. The van der Waals surface area contributed by atoms with E-state index in [4.69, 9.17) is 20.2 Å². The molecule has 2 atom stereocenters. The number of hydrogen-bond acceptors (Lipinski definition) is 3. The quantitative estimate of drug-likeness (QED) is 0.589. The number of hydrogen-bond donors (Lipinski definition) is 2. The van der Waals surface area contributed by atoms with Crippen molar-refractivity contribution in [2.24, 2.45) is 16.1 Å². The van der Waals surface area contributed by atoms with Gasteiger partial charge in [-0.15, -0.1) is 0 Å². The third-order valence-electron chi connectivity index (χ3n) is 4.76. The van der Waals surface area contributed by atoms with Gasteiger partial charge < -0.3 is 20.5 Å². The Hall–Kier alpha value is -0.810. The SMILES string of the molecule is CCOC1CC(N=C(N)NC2CC2)C12CCOCC2. The van der Waals surface area contributed by atoms with Crippen molar-refractivity contribution >= 4 is 5.96 Å². The van der Waals surface area contributed by atoms with E-state index in [2.05, 4.69) is 12.2 Å². The number of nitrogens with one attached hydrogen (secondary N) is 1. The third-order valence-corrected chi connectivity index (χ3v) is 4.76. The van der Waals surface area contributed by atoms with Crippen molar-refractivity contribution in [2.75, 3.05) is 19.8 Å². The first-order valence-corrected chi connectivity index (χ1v) is 7.54. The highest BCUT2D eigenvalue weighted by molar-refractivity contribution is 5.78. The molecule has 5 heteroatoms. The molecular weight excluding hydrogens is 242 g/mol. The second-order valence-corrected chi connectivity index (χ2v) is 5.97. The minimum absolute atomic E-state index is 0.171. The lowest BCUT2D eigenvalue weighted by Gasteiger charge is -2.55. The zero-order valence-electron chi connectivity index (χ0n) is 11.7. The Morgan fingerprint density at radius 3 is 2.79 bits per heavy atom. The average molecular weight is 267 g/mol. The molecule has 1 spiro atoms. The third kappa shape index (κ3) is 2.58. The summed E-state index contributed by atoms with van der Waals surface area (Å²) in [6.07, 6.45) is 5.87. The maximum absolute atomic E-state index is 6.00. The van der Waals surface area contributed by atoms with Crippen LogP contribution < -0.4 is 11.1 Å². The zero-order valence-corrected chi connectivity index (χ0v) is 11.7. The molecule has 2 aliphatic carbocycles. The van der Waals surface area contributed by atoms with Gasteiger partial charge in [0.2, 0.25) is 0 Å². The van der Waals surface area contributed by atoms with E-state index >= 15 is 0 Å². The average Bonchev–Trinajstić information content (AvgIpc) is 3.22. The molecule has 0 bridgehead atoms. The number of rotatable bonds is 4. The first-order valence-electron chi connectivity index (χ1n) is 7.54. The van der Waals surface area contributed by atoms with Crippen molar-refractivity contribution in [3.63, 3.8) is 0 Å². The van der Waals surface area contributed by atoms with E-state index in [9.17, 15) is 0 Å². The second kappa shape index (κ2) is 5.29. The Bertz CT molecular complexity index is 349.